The van der Waals surface area contributed by atoms with Crippen molar-refractivity contribution in [1.29, 1.82) is 0 Å². The number of hydrogen-bond acceptors (Lipinski definition) is 2. The van der Waals surface area contributed by atoms with Crippen LogP contribution in [-0.4, -0.2) is 11.0 Å². The zero-order valence-electron chi connectivity index (χ0n) is 11.1. The SMILES string of the molecule is O=C(NCc1cccnc1)Nc1cc(C(F)(F)F)ccc1Cl. The molecule has 0 saturated heterocycles. The second-order valence-electron chi connectivity index (χ2n) is 4.36. The van der Waals surface area contributed by atoms with Gasteiger partial charge >= 0.3 is 12.2 Å². The van der Waals surface area contributed by atoms with Gasteiger partial charge in [-0.3, -0.25) is 4.98 Å². The first-order chi connectivity index (χ1) is 10.4. The van der Waals surface area contributed by atoms with E-state index in [9.17, 15) is 18.0 Å². The smallest absolute Gasteiger partial charge is 0.334 e. The minimum Gasteiger partial charge on any atom is -0.334 e. The molecule has 2 amide bonds. The first-order valence-corrected chi connectivity index (χ1v) is 6.54. The molecule has 0 bridgehead atoms. The Balaban J connectivity index is 2.02. The number of anilines is 1. The number of aromatic nitrogens is 1. The summed E-state index contributed by atoms with van der Waals surface area (Å²) >= 11 is 5.79. The highest BCUT2D eigenvalue weighted by molar-refractivity contribution is 6.33. The monoisotopic (exact) mass is 329 g/mol. The van der Waals surface area contributed by atoms with E-state index in [4.69, 9.17) is 11.6 Å². The number of urea groups is 1. The van der Waals surface area contributed by atoms with Crippen LogP contribution in [0.2, 0.25) is 5.02 Å². The normalized spacial score (nSPS) is 11.1. The number of hydrogen-bond donors (Lipinski definition) is 2. The number of halogens is 4. The lowest BCUT2D eigenvalue weighted by Gasteiger charge is -2.12. The lowest BCUT2D eigenvalue weighted by molar-refractivity contribution is -0.137. The third-order valence-corrected chi connectivity index (χ3v) is 3.05. The molecule has 2 rings (SSSR count). The lowest BCUT2D eigenvalue weighted by atomic mass is 10.2. The summed E-state index contributed by atoms with van der Waals surface area (Å²) < 4.78 is 37.9. The number of benzene rings is 1. The fourth-order valence-corrected chi connectivity index (χ4v) is 1.81. The highest BCUT2D eigenvalue weighted by atomic mass is 35.5. The Morgan fingerprint density at radius 2 is 2.05 bits per heavy atom. The van der Waals surface area contributed by atoms with Crippen LogP contribution < -0.4 is 10.6 Å². The van der Waals surface area contributed by atoms with Crippen molar-refractivity contribution in [1.82, 2.24) is 10.3 Å². The molecule has 0 spiro atoms. The maximum Gasteiger partial charge on any atom is 0.416 e. The van der Waals surface area contributed by atoms with E-state index in [1.807, 2.05) is 0 Å². The maximum absolute atomic E-state index is 12.6. The number of nitrogens with zero attached hydrogens (tertiary/aromatic N) is 1. The van der Waals surface area contributed by atoms with Crippen LogP contribution in [-0.2, 0) is 12.7 Å². The van der Waals surface area contributed by atoms with Crippen LogP contribution in [0.5, 0.6) is 0 Å². The molecule has 22 heavy (non-hydrogen) atoms. The number of carbonyl (C=O) groups is 1. The molecule has 8 heteroatoms. The van der Waals surface area contributed by atoms with E-state index in [2.05, 4.69) is 15.6 Å². The first-order valence-electron chi connectivity index (χ1n) is 6.17. The topological polar surface area (TPSA) is 54.0 Å². The van der Waals surface area contributed by atoms with Gasteiger partial charge < -0.3 is 10.6 Å². The van der Waals surface area contributed by atoms with Crippen molar-refractivity contribution < 1.29 is 18.0 Å². The summed E-state index contributed by atoms with van der Waals surface area (Å²) in [7, 11) is 0. The first kappa shape index (κ1) is 16.1. The molecule has 1 aromatic heterocycles. The van der Waals surface area contributed by atoms with E-state index in [1.54, 1.807) is 24.5 Å². The summed E-state index contributed by atoms with van der Waals surface area (Å²) in [5, 5.41) is 4.81. The van der Waals surface area contributed by atoms with Crippen molar-refractivity contribution in [2.45, 2.75) is 12.7 Å². The van der Waals surface area contributed by atoms with Crippen LogP contribution in [0.25, 0.3) is 0 Å². The molecule has 1 aromatic carbocycles. The molecule has 0 unspecified atom stereocenters. The van der Waals surface area contributed by atoms with E-state index >= 15 is 0 Å². The van der Waals surface area contributed by atoms with Crippen LogP contribution in [0.1, 0.15) is 11.1 Å². The van der Waals surface area contributed by atoms with Gasteiger partial charge in [-0.2, -0.15) is 13.2 Å². The van der Waals surface area contributed by atoms with Gasteiger partial charge in [-0.05, 0) is 29.8 Å². The second kappa shape index (κ2) is 6.65. The number of nitrogens with one attached hydrogen (secondary N) is 2. The lowest BCUT2D eigenvalue weighted by Crippen LogP contribution is -2.28. The molecule has 0 aliphatic carbocycles. The van der Waals surface area contributed by atoms with E-state index in [0.29, 0.717) is 0 Å². The third-order valence-electron chi connectivity index (χ3n) is 2.72. The Hall–Kier alpha value is -2.28. The summed E-state index contributed by atoms with van der Waals surface area (Å²) in [6, 6.07) is 5.52. The van der Waals surface area contributed by atoms with E-state index in [-0.39, 0.29) is 17.3 Å². The summed E-state index contributed by atoms with van der Waals surface area (Å²) in [6.07, 6.45) is -1.35. The molecule has 0 atom stereocenters. The molecule has 1 heterocycles. The van der Waals surface area contributed by atoms with Crippen molar-refractivity contribution in [3.63, 3.8) is 0 Å². The van der Waals surface area contributed by atoms with Gasteiger partial charge in [0.15, 0.2) is 0 Å². The molecular weight excluding hydrogens is 319 g/mol. The van der Waals surface area contributed by atoms with Gasteiger partial charge in [0.05, 0.1) is 16.3 Å². The zero-order chi connectivity index (χ0) is 16.2. The van der Waals surface area contributed by atoms with Crippen LogP contribution in [0.3, 0.4) is 0 Å². The predicted molar refractivity (Wildman–Crippen MR) is 76.5 cm³/mol. The molecular formula is C14H11ClF3N3O. The van der Waals surface area contributed by atoms with E-state index in [1.165, 1.54) is 0 Å². The molecule has 116 valence electrons. The van der Waals surface area contributed by atoms with Gasteiger partial charge in [-0.1, -0.05) is 17.7 Å². The number of carbonyl (C=O) groups excluding carboxylic acids is 1. The molecule has 0 saturated carbocycles. The Morgan fingerprint density at radius 3 is 2.68 bits per heavy atom. The molecule has 4 nitrogen and oxygen atoms in total. The summed E-state index contributed by atoms with van der Waals surface area (Å²) in [6.45, 7) is 0.191. The minimum absolute atomic E-state index is 0.0181. The zero-order valence-corrected chi connectivity index (χ0v) is 11.9. The van der Waals surface area contributed by atoms with Gasteiger partial charge in [0.25, 0.3) is 0 Å². The van der Waals surface area contributed by atoms with Crippen molar-refractivity contribution >= 4 is 23.3 Å². The fourth-order valence-electron chi connectivity index (χ4n) is 1.65. The van der Waals surface area contributed by atoms with Crippen molar-refractivity contribution in [3.05, 3.63) is 58.9 Å². The third kappa shape index (κ3) is 4.36. The highest BCUT2D eigenvalue weighted by Gasteiger charge is 2.31. The molecule has 0 aliphatic heterocycles. The van der Waals surface area contributed by atoms with Crippen LogP contribution in [0.15, 0.2) is 42.7 Å². The molecule has 0 fully saturated rings. The summed E-state index contributed by atoms with van der Waals surface area (Å²) in [5.74, 6) is 0. The summed E-state index contributed by atoms with van der Waals surface area (Å²) in [4.78, 5) is 15.6. The average Bonchev–Trinajstić information content (AvgIpc) is 2.47. The van der Waals surface area contributed by atoms with Crippen molar-refractivity contribution in [3.8, 4) is 0 Å². The Kier molecular flexibility index (Phi) is 4.87. The van der Waals surface area contributed by atoms with Gasteiger partial charge in [0.2, 0.25) is 0 Å². The van der Waals surface area contributed by atoms with Crippen molar-refractivity contribution in [2.24, 2.45) is 0 Å². The second-order valence-corrected chi connectivity index (χ2v) is 4.77. The van der Waals surface area contributed by atoms with Gasteiger partial charge in [-0.15, -0.1) is 0 Å². The summed E-state index contributed by atoms with van der Waals surface area (Å²) in [5.41, 5.74) is -0.243. The van der Waals surface area contributed by atoms with Gasteiger partial charge in [0, 0.05) is 18.9 Å². The Labute approximate surface area is 129 Å². The number of amides is 2. The largest absolute Gasteiger partial charge is 0.416 e. The number of alkyl halides is 3. The minimum atomic E-state index is -4.51. The standard InChI is InChI=1S/C14H11ClF3N3O/c15-11-4-3-10(14(16,17)18)6-12(11)21-13(22)20-8-9-2-1-5-19-7-9/h1-7H,8H2,(H2,20,21,22). The fraction of sp³-hybridized carbons (Fsp3) is 0.143. The van der Waals surface area contributed by atoms with E-state index < -0.39 is 17.8 Å². The molecule has 2 N–H and O–H groups in total. The number of pyridine rings is 1. The van der Waals surface area contributed by atoms with Crippen LogP contribution in [0, 0.1) is 0 Å². The average molecular weight is 330 g/mol. The number of rotatable bonds is 3. The quantitative estimate of drug-likeness (QED) is 0.891. The Bertz CT molecular complexity index is 662. The predicted octanol–water partition coefficient (Wildman–Crippen LogP) is 4.08. The molecule has 0 radical (unpaired) electrons. The van der Waals surface area contributed by atoms with Gasteiger partial charge in [-0.25, -0.2) is 4.79 Å². The van der Waals surface area contributed by atoms with Crippen LogP contribution >= 0.6 is 11.6 Å². The molecule has 0 aliphatic rings. The maximum atomic E-state index is 12.6. The highest BCUT2D eigenvalue weighted by Crippen LogP contribution is 2.33. The molecule has 2 aromatic rings. The van der Waals surface area contributed by atoms with Crippen LogP contribution in [0.4, 0.5) is 23.7 Å². The Morgan fingerprint density at radius 1 is 1.27 bits per heavy atom. The van der Waals surface area contributed by atoms with Crippen molar-refractivity contribution in [2.75, 3.05) is 5.32 Å². The van der Waals surface area contributed by atoms with E-state index in [0.717, 1.165) is 23.8 Å². The van der Waals surface area contributed by atoms with Gasteiger partial charge in [0.1, 0.15) is 0 Å².